The first-order valence-corrected chi connectivity index (χ1v) is 7.80. The van der Waals surface area contributed by atoms with Crippen molar-refractivity contribution in [2.45, 2.75) is 32.0 Å². The molecule has 1 aliphatic rings. The van der Waals surface area contributed by atoms with Crippen LogP contribution in [0.25, 0.3) is 0 Å². The van der Waals surface area contributed by atoms with Crippen LogP contribution in [-0.2, 0) is 4.74 Å². The summed E-state index contributed by atoms with van der Waals surface area (Å²) in [6, 6.07) is 10.8. The lowest BCUT2D eigenvalue weighted by atomic mass is 10.00. The molecule has 1 aromatic rings. The van der Waals surface area contributed by atoms with Crippen molar-refractivity contribution in [3.63, 3.8) is 0 Å². The van der Waals surface area contributed by atoms with Crippen LogP contribution >= 0.6 is 15.9 Å². The minimum absolute atomic E-state index is 0.348. The number of hydrogen-bond acceptors (Lipinski definition) is 2. The summed E-state index contributed by atoms with van der Waals surface area (Å²) in [5.41, 5.74) is 1.42. The molecule has 3 heteroatoms. The van der Waals surface area contributed by atoms with Crippen molar-refractivity contribution < 1.29 is 4.74 Å². The number of nitrogens with zero attached hydrogens (tertiary/aromatic N) is 1. The van der Waals surface area contributed by atoms with Crippen LogP contribution in [0.1, 0.15) is 25.3 Å². The molecule has 0 aliphatic carbocycles. The van der Waals surface area contributed by atoms with E-state index in [1.54, 1.807) is 0 Å². The molecule has 0 amide bonds. The minimum atomic E-state index is 0.348. The van der Waals surface area contributed by atoms with Gasteiger partial charge in [-0.3, -0.25) is 4.90 Å². The van der Waals surface area contributed by atoms with Crippen molar-refractivity contribution in [3.05, 3.63) is 35.9 Å². The molecule has 1 saturated heterocycles. The Labute approximate surface area is 118 Å². The maximum Gasteiger partial charge on any atom is 0.0678 e. The predicted octanol–water partition coefficient (Wildman–Crippen LogP) is 3.27. The zero-order valence-corrected chi connectivity index (χ0v) is 12.8. The van der Waals surface area contributed by atoms with Crippen LogP contribution in [0.2, 0.25) is 0 Å². The summed E-state index contributed by atoms with van der Waals surface area (Å²) in [7, 11) is 0. The molecule has 1 aromatic carbocycles. The van der Waals surface area contributed by atoms with Crippen molar-refractivity contribution in [2.24, 2.45) is 0 Å². The van der Waals surface area contributed by atoms with E-state index in [4.69, 9.17) is 4.74 Å². The molecular formula is C15H22BrNO. The monoisotopic (exact) mass is 311 g/mol. The van der Waals surface area contributed by atoms with Crippen molar-refractivity contribution in [2.75, 3.05) is 25.0 Å². The third-order valence-corrected chi connectivity index (χ3v) is 4.21. The Bertz CT molecular complexity index is 347. The number of morpholine rings is 1. The highest BCUT2D eigenvalue weighted by Gasteiger charge is 2.24. The van der Waals surface area contributed by atoms with Crippen LogP contribution in [0.4, 0.5) is 0 Å². The largest absolute Gasteiger partial charge is 0.373 e. The third kappa shape index (κ3) is 3.81. The van der Waals surface area contributed by atoms with Crippen molar-refractivity contribution in [1.29, 1.82) is 0 Å². The maximum absolute atomic E-state index is 5.78. The molecule has 0 saturated carbocycles. The Balaban J connectivity index is 1.98. The lowest BCUT2D eigenvalue weighted by Gasteiger charge is -2.37. The minimum Gasteiger partial charge on any atom is -0.373 e. The summed E-state index contributed by atoms with van der Waals surface area (Å²) in [5.74, 6) is 0.559. The molecule has 1 unspecified atom stereocenters. The number of halogens is 1. The van der Waals surface area contributed by atoms with E-state index in [1.807, 2.05) is 0 Å². The van der Waals surface area contributed by atoms with Gasteiger partial charge in [-0.05, 0) is 19.4 Å². The summed E-state index contributed by atoms with van der Waals surface area (Å²) in [6.07, 6.45) is 0.695. The van der Waals surface area contributed by atoms with Gasteiger partial charge in [0, 0.05) is 30.9 Å². The molecule has 100 valence electrons. The van der Waals surface area contributed by atoms with Gasteiger partial charge in [-0.15, -0.1) is 0 Å². The normalized spacial score (nSPS) is 27.1. The van der Waals surface area contributed by atoms with Crippen molar-refractivity contribution >= 4 is 15.9 Å². The summed E-state index contributed by atoms with van der Waals surface area (Å²) >= 11 is 3.65. The van der Waals surface area contributed by atoms with E-state index in [-0.39, 0.29) is 0 Å². The van der Waals surface area contributed by atoms with Crippen LogP contribution in [0.15, 0.2) is 30.3 Å². The van der Waals surface area contributed by atoms with Crippen molar-refractivity contribution in [3.8, 4) is 0 Å². The molecular weight excluding hydrogens is 290 g/mol. The second-order valence-corrected chi connectivity index (χ2v) is 5.89. The standard InChI is InChI=1S/C15H22BrNO/c1-12-9-17(10-13(2)18-12)11-15(8-16)14-6-4-3-5-7-14/h3-7,12-13,15H,8-11H2,1-2H3/t12-,13+,15?. The van der Waals surface area contributed by atoms with E-state index in [1.165, 1.54) is 5.56 Å². The first kappa shape index (κ1) is 14.0. The molecule has 3 atom stereocenters. The van der Waals surface area contributed by atoms with Gasteiger partial charge in [0.15, 0.2) is 0 Å². The lowest BCUT2D eigenvalue weighted by Crippen LogP contribution is -2.46. The first-order valence-electron chi connectivity index (χ1n) is 6.67. The molecule has 2 nitrogen and oxygen atoms in total. The maximum atomic E-state index is 5.78. The zero-order valence-electron chi connectivity index (χ0n) is 11.2. The van der Waals surface area contributed by atoms with E-state index >= 15 is 0 Å². The van der Waals surface area contributed by atoms with Gasteiger partial charge in [-0.25, -0.2) is 0 Å². The molecule has 0 radical (unpaired) electrons. The quantitative estimate of drug-likeness (QED) is 0.791. The van der Waals surface area contributed by atoms with Gasteiger partial charge in [-0.2, -0.15) is 0 Å². The Morgan fingerprint density at radius 1 is 1.22 bits per heavy atom. The highest BCUT2D eigenvalue weighted by Crippen LogP contribution is 2.21. The van der Waals surface area contributed by atoms with E-state index < -0.39 is 0 Å². The van der Waals surface area contributed by atoms with E-state index in [0.29, 0.717) is 18.1 Å². The number of alkyl halides is 1. The number of hydrogen-bond donors (Lipinski definition) is 0. The number of benzene rings is 1. The Kier molecular flexibility index (Phi) is 5.22. The van der Waals surface area contributed by atoms with Crippen LogP contribution in [0, 0.1) is 0 Å². The van der Waals surface area contributed by atoms with E-state index in [9.17, 15) is 0 Å². The molecule has 1 fully saturated rings. The fraction of sp³-hybridized carbons (Fsp3) is 0.600. The van der Waals surface area contributed by atoms with Crippen LogP contribution in [0.5, 0.6) is 0 Å². The summed E-state index contributed by atoms with van der Waals surface area (Å²) in [5, 5.41) is 1.01. The zero-order chi connectivity index (χ0) is 13.0. The summed E-state index contributed by atoms with van der Waals surface area (Å²) < 4.78 is 5.78. The van der Waals surface area contributed by atoms with Gasteiger partial charge < -0.3 is 4.74 Å². The van der Waals surface area contributed by atoms with Gasteiger partial charge in [0.2, 0.25) is 0 Å². The van der Waals surface area contributed by atoms with Gasteiger partial charge in [0.05, 0.1) is 12.2 Å². The third-order valence-electron chi connectivity index (χ3n) is 3.43. The Morgan fingerprint density at radius 2 is 1.83 bits per heavy atom. The smallest absolute Gasteiger partial charge is 0.0678 e. The molecule has 1 aliphatic heterocycles. The highest BCUT2D eigenvalue weighted by molar-refractivity contribution is 9.09. The van der Waals surface area contributed by atoms with Gasteiger partial charge in [0.25, 0.3) is 0 Å². The molecule has 2 rings (SSSR count). The average molecular weight is 312 g/mol. The summed E-state index contributed by atoms with van der Waals surface area (Å²) in [4.78, 5) is 2.53. The number of ether oxygens (including phenoxy) is 1. The summed E-state index contributed by atoms with van der Waals surface area (Å²) in [6.45, 7) is 7.51. The van der Waals surface area contributed by atoms with E-state index in [0.717, 1.165) is 25.0 Å². The molecule has 18 heavy (non-hydrogen) atoms. The lowest BCUT2D eigenvalue weighted by molar-refractivity contribution is -0.0688. The molecule has 1 heterocycles. The molecule has 0 spiro atoms. The predicted molar refractivity (Wildman–Crippen MR) is 79.4 cm³/mol. The Morgan fingerprint density at radius 3 is 2.39 bits per heavy atom. The first-order chi connectivity index (χ1) is 8.69. The SMILES string of the molecule is C[C@@H]1CN(CC(CBr)c2ccccc2)C[C@H](C)O1. The van der Waals surface area contributed by atoms with Gasteiger partial charge in [-0.1, -0.05) is 46.3 Å². The van der Waals surface area contributed by atoms with Gasteiger partial charge >= 0.3 is 0 Å². The fourth-order valence-corrected chi connectivity index (χ4v) is 3.29. The fourth-order valence-electron chi connectivity index (χ4n) is 2.71. The van der Waals surface area contributed by atoms with Crippen LogP contribution < -0.4 is 0 Å². The Hall–Kier alpha value is -0.380. The second-order valence-electron chi connectivity index (χ2n) is 5.24. The van der Waals surface area contributed by atoms with Crippen molar-refractivity contribution in [1.82, 2.24) is 4.90 Å². The second kappa shape index (κ2) is 6.69. The molecule has 0 N–H and O–H groups in total. The van der Waals surface area contributed by atoms with E-state index in [2.05, 4.69) is 65.0 Å². The van der Waals surface area contributed by atoms with Crippen LogP contribution in [0.3, 0.4) is 0 Å². The number of rotatable bonds is 4. The highest BCUT2D eigenvalue weighted by atomic mass is 79.9. The molecule has 0 bridgehead atoms. The van der Waals surface area contributed by atoms with Crippen LogP contribution in [-0.4, -0.2) is 42.1 Å². The average Bonchev–Trinajstić information content (AvgIpc) is 2.36. The molecule has 0 aromatic heterocycles. The van der Waals surface area contributed by atoms with Gasteiger partial charge in [0.1, 0.15) is 0 Å². The topological polar surface area (TPSA) is 12.5 Å².